The predicted molar refractivity (Wildman–Crippen MR) is 119 cm³/mol. The van der Waals surface area contributed by atoms with E-state index in [1.54, 1.807) is 6.20 Å². The van der Waals surface area contributed by atoms with Crippen LogP contribution in [0.15, 0.2) is 46.8 Å². The van der Waals surface area contributed by atoms with Crippen LogP contribution in [-0.2, 0) is 4.79 Å². The van der Waals surface area contributed by atoms with E-state index >= 15 is 0 Å². The Balaban J connectivity index is 1.32. The van der Waals surface area contributed by atoms with Crippen LogP contribution in [0, 0.1) is 0 Å². The zero-order valence-electron chi connectivity index (χ0n) is 17.7. The lowest BCUT2D eigenvalue weighted by atomic mass is 9.85. The molecule has 4 rings (SSSR count). The molecule has 2 heterocycles. The van der Waals surface area contributed by atoms with Gasteiger partial charge in [0.05, 0.1) is 35.5 Å². The van der Waals surface area contributed by atoms with Crippen molar-refractivity contribution in [3.05, 3.63) is 47.5 Å². The number of carbonyl (C=O) groups excluding carboxylic acids is 1. The summed E-state index contributed by atoms with van der Waals surface area (Å²) >= 11 is 0. The summed E-state index contributed by atoms with van der Waals surface area (Å²) in [7, 11) is 0. The fourth-order valence-electron chi connectivity index (χ4n) is 4.17. The molecule has 1 atom stereocenters. The zero-order valence-corrected chi connectivity index (χ0v) is 17.7. The van der Waals surface area contributed by atoms with Gasteiger partial charge in [0, 0.05) is 70.4 Å². The fourth-order valence-corrected chi connectivity index (χ4v) is 4.17. The first-order valence-electron chi connectivity index (χ1n) is 10.9. The topological polar surface area (TPSA) is 102 Å². The van der Waals surface area contributed by atoms with Crippen molar-refractivity contribution in [2.75, 3.05) is 52.4 Å². The van der Waals surface area contributed by atoms with Crippen LogP contribution in [0.2, 0.25) is 0 Å². The normalized spacial score (nSPS) is 21.5. The molecule has 1 saturated heterocycles. The highest BCUT2D eigenvalue weighted by atomic mass is 16.3. The van der Waals surface area contributed by atoms with E-state index in [0.717, 1.165) is 56.0 Å². The second-order valence-corrected chi connectivity index (χ2v) is 8.11. The van der Waals surface area contributed by atoms with Crippen LogP contribution in [0.1, 0.15) is 24.5 Å². The van der Waals surface area contributed by atoms with Gasteiger partial charge in [0.1, 0.15) is 5.76 Å². The third-order valence-corrected chi connectivity index (χ3v) is 6.02. The Morgan fingerprint density at radius 2 is 1.77 bits per heavy atom. The Bertz CT molecular complexity index is 982. The summed E-state index contributed by atoms with van der Waals surface area (Å²) < 4.78 is 0. The second-order valence-electron chi connectivity index (χ2n) is 8.11. The molecule has 0 amide bonds. The number of para-hydroxylation sites is 2. The molecule has 0 spiro atoms. The third-order valence-electron chi connectivity index (χ3n) is 6.02. The number of β-amino-alcohol motifs (C(OH)–C–C–N with tert-alkyl or cyclic N) is 1. The number of allylic oxidation sites excluding steroid dienone is 2. The van der Waals surface area contributed by atoms with E-state index in [-0.39, 0.29) is 24.1 Å². The molecule has 1 aromatic heterocycles. The summed E-state index contributed by atoms with van der Waals surface area (Å²) in [6.45, 7) is 6.15. The molecule has 8 heteroatoms. The largest absolute Gasteiger partial charge is 0.511 e. The number of piperazine rings is 1. The number of carbonyl (C=O) groups is 1. The average Bonchev–Trinajstić information content (AvgIpc) is 2.79. The smallest absolute Gasteiger partial charge is 0.168 e. The summed E-state index contributed by atoms with van der Waals surface area (Å²) in [5.74, 6) is -0.195. The van der Waals surface area contributed by atoms with E-state index in [0.29, 0.717) is 25.0 Å². The van der Waals surface area contributed by atoms with Crippen LogP contribution >= 0.6 is 0 Å². The first-order valence-corrected chi connectivity index (χ1v) is 10.9. The van der Waals surface area contributed by atoms with E-state index in [2.05, 4.69) is 24.8 Å². The van der Waals surface area contributed by atoms with E-state index in [1.807, 2.05) is 24.3 Å². The highest BCUT2D eigenvalue weighted by Crippen LogP contribution is 2.32. The quantitative estimate of drug-likeness (QED) is 0.652. The van der Waals surface area contributed by atoms with Crippen molar-refractivity contribution in [3.63, 3.8) is 0 Å². The number of hydrogen-bond donors (Lipinski definition) is 2. The zero-order chi connectivity index (χ0) is 21.6. The summed E-state index contributed by atoms with van der Waals surface area (Å²) in [4.78, 5) is 30.7. The standard InChI is InChI=1S/C23H29N5O3/c29-12-11-28-9-7-27(8-10-28)6-5-24-15-18-22(30)13-17(14-23(18)31)21-16-25-19-3-1-2-4-20(19)26-21/h1-4,15-17,29-30H,5-14H2. The minimum atomic E-state index is -0.169. The van der Waals surface area contributed by atoms with Gasteiger partial charge in [-0.25, -0.2) is 4.98 Å². The molecule has 1 unspecified atom stereocenters. The molecular weight excluding hydrogens is 394 g/mol. The van der Waals surface area contributed by atoms with Crippen molar-refractivity contribution in [2.45, 2.75) is 18.8 Å². The molecular formula is C23H29N5O3. The number of aliphatic hydroxyl groups is 2. The highest BCUT2D eigenvalue weighted by molar-refractivity contribution is 6.14. The first kappa shape index (κ1) is 21.5. The van der Waals surface area contributed by atoms with E-state index in [1.165, 1.54) is 6.21 Å². The van der Waals surface area contributed by atoms with Crippen LogP contribution in [-0.4, -0.2) is 94.4 Å². The lowest BCUT2D eigenvalue weighted by Gasteiger charge is -2.33. The monoisotopic (exact) mass is 423 g/mol. The van der Waals surface area contributed by atoms with Gasteiger partial charge in [-0.15, -0.1) is 0 Å². The number of Topliss-reactive ketones (excluding diaryl/α,β-unsaturated/α-hetero) is 1. The number of hydrogen-bond acceptors (Lipinski definition) is 8. The Morgan fingerprint density at radius 3 is 2.48 bits per heavy atom. The lowest BCUT2D eigenvalue weighted by molar-refractivity contribution is -0.116. The molecule has 2 aliphatic rings. The molecule has 1 aromatic carbocycles. The van der Waals surface area contributed by atoms with Gasteiger partial charge in [-0.2, -0.15) is 0 Å². The molecule has 1 aliphatic heterocycles. The minimum Gasteiger partial charge on any atom is -0.511 e. The molecule has 2 N–H and O–H groups in total. The number of ketones is 1. The SMILES string of the molecule is O=C1CC(c2cnc3ccccc3n2)CC(O)=C1C=NCCN1CCN(CCO)CC1. The maximum atomic E-state index is 12.7. The molecule has 0 bridgehead atoms. The van der Waals surface area contributed by atoms with Crippen molar-refractivity contribution in [2.24, 2.45) is 4.99 Å². The molecule has 0 saturated carbocycles. The van der Waals surface area contributed by atoms with Gasteiger partial charge in [0.15, 0.2) is 5.78 Å². The number of benzene rings is 1. The number of aliphatic imine (C=N–C) groups is 1. The van der Waals surface area contributed by atoms with E-state index in [9.17, 15) is 9.90 Å². The Hall–Kier alpha value is -2.68. The van der Waals surface area contributed by atoms with Gasteiger partial charge in [-0.1, -0.05) is 12.1 Å². The van der Waals surface area contributed by atoms with Crippen LogP contribution in [0.25, 0.3) is 11.0 Å². The van der Waals surface area contributed by atoms with Crippen molar-refractivity contribution < 1.29 is 15.0 Å². The van der Waals surface area contributed by atoms with Gasteiger partial charge < -0.3 is 10.2 Å². The van der Waals surface area contributed by atoms with Crippen LogP contribution < -0.4 is 0 Å². The maximum absolute atomic E-state index is 12.7. The molecule has 0 radical (unpaired) electrons. The summed E-state index contributed by atoms with van der Waals surface area (Å²) in [5.41, 5.74) is 2.66. The van der Waals surface area contributed by atoms with Gasteiger partial charge in [0.25, 0.3) is 0 Å². The second kappa shape index (κ2) is 10.1. The summed E-state index contributed by atoms with van der Waals surface area (Å²) in [5, 5.41) is 19.5. The number of nitrogens with zero attached hydrogens (tertiary/aromatic N) is 5. The number of rotatable bonds is 7. The predicted octanol–water partition coefficient (Wildman–Crippen LogP) is 1.57. The molecule has 1 fully saturated rings. The van der Waals surface area contributed by atoms with Crippen LogP contribution in [0.3, 0.4) is 0 Å². The fraction of sp³-hybridized carbons (Fsp3) is 0.478. The Kier molecular flexibility index (Phi) is 7.01. The van der Waals surface area contributed by atoms with Crippen LogP contribution in [0.5, 0.6) is 0 Å². The van der Waals surface area contributed by atoms with Gasteiger partial charge in [-0.05, 0) is 12.1 Å². The average molecular weight is 424 g/mol. The van der Waals surface area contributed by atoms with E-state index < -0.39 is 0 Å². The molecule has 1 aliphatic carbocycles. The van der Waals surface area contributed by atoms with Gasteiger partial charge >= 0.3 is 0 Å². The van der Waals surface area contributed by atoms with E-state index in [4.69, 9.17) is 5.11 Å². The van der Waals surface area contributed by atoms with Gasteiger partial charge in [-0.3, -0.25) is 24.6 Å². The summed E-state index contributed by atoms with van der Waals surface area (Å²) in [6, 6.07) is 7.63. The Morgan fingerprint density at radius 1 is 1.06 bits per heavy atom. The van der Waals surface area contributed by atoms with Crippen molar-refractivity contribution >= 4 is 23.0 Å². The molecule has 8 nitrogen and oxygen atoms in total. The first-order chi connectivity index (χ1) is 15.1. The van der Waals surface area contributed by atoms with Crippen molar-refractivity contribution in [3.8, 4) is 0 Å². The molecule has 31 heavy (non-hydrogen) atoms. The van der Waals surface area contributed by atoms with Crippen molar-refractivity contribution in [1.29, 1.82) is 0 Å². The lowest BCUT2D eigenvalue weighted by Crippen LogP contribution is -2.47. The van der Waals surface area contributed by atoms with Crippen molar-refractivity contribution in [1.82, 2.24) is 19.8 Å². The number of fused-ring (bicyclic) bond motifs is 1. The molecule has 164 valence electrons. The number of aliphatic hydroxyl groups excluding tert-OH is 2. The summed E-state index contributed by atoms with van der Waals surface area (Å²) in [6.07, 6.45) is 3.90. The third kappa shape index (κ3) is 5.33. The Labute approximate surface area is 181 Å². The maximum Gasteiger partial charge on any atom is 0.168 e. The van der Waals surface area contributed by atoms with Crippen LogP contribution in [0.4, 0.5) is 0 Å². The van der Waals surface area contributed by atoms with Gasteiger partial charge in [0.2, 0.25) is 0 Å². The highest BCUT2D eigenvalue weighted by Gasteiger charge is 2.29. The minimum absolute atomic E-state index is 0.0811. The number of aromatic nitrogens is 2. The molecule has 2 aromatic rings.